The molecule has 0 aliphatic heterocycles. The lowest BCUT2D eigenvalue weighted by molar-refractivity contribution is 0.306. The van der Waals surface area contributed by atoms with E-state index in [1.165, 1.54) is 5.57 Å². The Morgan fingerprint density at radius 3 is 3.00 bits per heavy atom. The van der Waals surface area contributed by atoms with Gasteiger partial charge in [-0.3, -0.25) is 0 Å². The van der Waals surface area contributed by atoms with Crippen molar-refractivity contribution in [3.63, 3.8) is 0 Å². The number of hydrogen-bond donors (Lipinski definition) is 0. The maximum atomic E-state index is 5.17. The average Bonchev–Trinajstić information content (AvgIpc) is 2.24. The highest BCUT2D eigenvalue weighted by Gasteiger charge is 2.03. The molecule has 0 aromatic rings. The van der Waals surface area contributed by atoms with Crippen molar-refractivity contribution in [1.29, 1.82) is 0 Å². The molecule has 1 unspecified atom stereocenters. The molecular weight excluding hydrogens is 184 g/mol. The molecule has 0 heterocycles. The van der Waals surface area contributed by atoms with Crippen molar-refractivity contribution in [3.8, 4) is 0 Å². The monoisotopic (exact) mass is 202 g/mol. The quantitative estimate of drug-likeness (QED) is 0.498. The summed E-state index contributed by atoms with van der Waals surface area (Å²) in [4.78, 5) is 0. The van der Waals surface area contributed by atoms with E-state index in [-0.39, 0.29) is 0 Å². The van der Waals surface area contributed by atoms with Gasteiger partial charge in [-0.2, -0.15) is 0 Å². The van der Waals surface area contributed by atoms with Gasteiger partial charge in [-0.1, -0.05) is 42.5 Å². The number of ether oxygens (including phenoxy) is 1. The number of allylic oxidation sites excluding steroid dienone is 8. The SMILES string of the molecule is C=C/C=C(\C=CC1C=C(C)C=CC1)OC. The van der Waals surface area contributed by atoms with Crippen LogP contribution >= 0.6 is 0 Å². The molecule has 0 aromatic heterocycles. The van der Waals surface area contributed by atoms with Crippen LogP contribution in [0.4, 0.5) is 0 Å². The Kier molecular flexibility index (Phi) is 4.69. The molecule has 1 rings (SSSR count). The Bertz CT molecular complexity index is 329. The van der Waals surface area contributed by atoms with E-state index in [0.29, 0.717) is 5.92 Å². The second-order valence-corrected chi connectivity index (χ2v) is 3.58. The molecule has 15 heavy (non-hydrogen) atoms. The van der Waals surface area contributed by atoms with Gasteiger partial charge in [0.05, 0.1) is 7.11 Å². The summed E-state index contributed by atoms with van der Waals surface area (Å²) in [6, 6.07) is 0. The number of rotatable bonds is 4. The molecule has 1 aliphatic rings. The van der Waals surface area contributed by atoms with E-state index >= 15 is 0 Å². The Morgan fingerprint density at radius 2 is 2.40 bits per heavy atom. The van der Waals surface area contributed by atoms with Gasteiger partial charge in [0.1, 0.15) is 5.76 Å². The van der Waals surface area contributed by atoms with Crippen LogP contribution < -0.4 is 0 Å². The highest BCUT2D eigenvalue weighted by molar-refractivity contribution is 5.26. The van der Waals surface area contributed by atoms with E-state index in [2.05, 4.69) is 37.8 Å². The van der Waals surface area contributed by atoms with Crippen LogP contribution in [-0.4, -0.2) is 7.11 Å². The summed E-state index contributed by atoms with van der Waals surface area (Å²) < 4.78 is 5.17. The molecule has 1 atom stereocenters. The maximum Gasteiger partial charge on any atom is 0.118 e. The summed E-state index contributed by atoms with van der Waals surface area (Å²) in [5.74, 6) is 1.32. The zero-order valence-electron chi connectivity index (χ0n) is 9.44. The molecule has 0 fully saturated rings. The van der Waals surface area contributed by atoms with Crippen LogP contribution in [0.3, 0.4) is 0 Å². The topological polar surface area (TPSA) is 9.23 Å². The van der Waals surface area contributed by atoms with Crippen LogP contribution in [0.15, 0.2) is 60.4 Å². The molecule has 1 nitrogen and oxygen atoms in total. The molecule has 80 valence electrons. The Hall–Kier alpha value is -1.50. The minimum Gasteiger partial charge on any atom is -0.497 e. The lowest BCUT2D eigenvalue weighted by Gasteiger charge is -2.10. The fraction of sp³-hybridized carbons (Fsp3) is 0.286. The first-order chi connectivity index (χ1) is 7.26. The van der Waals surface area contributed by atoms with Crippen LogP contribution in [0.25, 0.3) is 0 Å². The smallest absolute Gasteiger partial charge is 0.118 e. The van der Waals surface area contributed by atoms with Crippen LogP contribution in [-0.2, 0) is 4.74 Å². The number of methoxy groups -OCH3 is 1. The van der Waals surface area contributed by atoms with E-state index in [4.69, 9.17) is 4.74 Å². The van der Waals surface area contributed by atoms with E-state index in [1.54, 1.807) is 13.2 Å². The molecule has 0 spiro atoms. The molecular formula is C14H18O. The van der Waals surface area contributed by atoms with Gasteiger partial charge < -0.3 is 4.74 Å². The summed E-state index contributed by atoms with van der Waals surface area (Å²) in [5.41, 5.74) is 1.32. The zero-order chi connectivity index (χ0) is 11.1. The van der Waals surface area contributed by atoms with E-state index in [0.717, 1.165) is 12.2 Å². The third-order valence-corrected chi connectivity index (χ3v) is 2.29. The summed E-state index contributed by atoms with van der Waals surface area (Å²) in [6.45, 7) is 5.76. The normalized spacial score (nSPS) is 21.6. The molecule has 0 saturated heterocycles. The molecule has 0 N–H and O–H groups in total. The molecule has 1 heteroatoms. The molecule has 0 bridgehead atoms. The van der Waals surface area contributed by atoms with E-state index < -0.39 is 0 Å². The summed E-state index contributed by atoms with van der Waals surface area (Å²) in [6.07, 6.45) is 15.4. The Labute approximate surface area is 92.1 Å². The summed E-state index contributed by atoms with van der Waals surface area (Å²) in [5, 5.41) is 0. The lowest BCUT2D eigenvalue weighted by atomic mass is 9.96. The first kappa shape index (κ1) is 11.6. The van der Waals surface area contributed by atoms with Crippen molar-refractivity contribution in [1.82, 2.24) is 0 Å². The van der Waals surface area contributed by atoms with Crippen LogP contribution in [0.1, 0.15) is 13.3 Å². The Morgan fingerprint density at radius 1 is 1.60 bits per heavy atom. The molecule has 0 saturated carbocycles. The van der Waals surface area contributed by atoms with Crippen LogP contribution in [0, 0.1) is 5.92 Å². The van der Waals surface area contributed by atoms with Crippen molar-refractivity contribution in [2.24, 2.45) is 5.92 Å². The predicted molar refractivity (Wildman–Crippen MR) is 65.4 cm³/mol. The largest absolute Gasteiger partial charge is 0.497 e. The molecule has 0 amide bonds. The second-order valence-electron chi connectivity index (χ2n) is 3.58. The standard InChI is InChI=1S/C14H18O/c1-4-6-14(15-3)10-9-13-8-5-7-12(2)11-13/h4-7,9-11,13H,1,8H2,2-3H3/b10-9?,14-6+. The van der Waals surface area contributed by atoms with Crippen molar-refractivity contribution >= 4 is 0 Å². The number of hydrogen-bond acceptors (Lipinski definition) is 1. The maximum absolute atomic E-state index is 5.17. The van der Waals surface area contributed by atoms with E-state index in [9.17, 15) is 0 Å². The van der Waals surface area contributed by atoms with Gasteiger partial charge in [-0.05, 0) is 31.4 Å². The van der Waals surface area contributed by atoms with Gasteiger partial charge in [-0.15, -0.1) is 0 Å². The Balaban J connectivity index is 2.61. The highest BCUT2D eigenvalue weighted by atomic mass is 16.5. The van der Waals surface area contributed by atoms with Gasteiger partial charge in [0, 0.05) is 0 Å². The molecule has 1 aliphatic carbocycles. The first-order valence-electron chi connectivity index (χ1n) is 5.16. The average molecular weight is 202 g/mol. The van der Waals surface area contributed by atoms with Gasteiger partial charge >= 0.3 is 0 Å². The summed E-state index contributed by atoms with van der Waals surface area (Å²) in [7, 11) is 1.67. The van der Waals surface area contributed by atoms with Crippen molar-refractivity contribution in [2.45, 2.75) is 13.3 Å². The predicted octanol–water partition coefficient (Wildman–Crippen LogP) is 3.78. The zero-order valence-corrected chi connectivity index (χ0v) is 9.44. The minimum atomic E-state index is 0.485. The fourth-order valence-corrected chi connectivity index (χ4v) is 1.53. The molecule has 0 aromatic carbocycles. The van der Waals surface area contributed by atoms with Crippen molar-refractivity contribution < 1.29 is 4.74 Å². The van der Waals surface area contributed by atoms with Gasteiger partial charge in [0.2, 0.25) is 0 Å². The van der Waals surface area contributed by atoms with Crippen molar-refractivity contribution in [2.75, 3.05) is 7.11 Å². The van der Waals surface area contributed by atoms with Crippen LogP contribution in [0.5, 0.6) is 0 Å². The first-order valence-corrected chi connectivity index (χ1v) is 5.16. The summed E-state index contributed by atoms with van der Waals surface area (Å²) >= 11 is 0. The third-order valence-electron chi connectivity index (χ3n) is 2.29. The molecule has 0 radical (unpaired) electrons. The fourth-order valence-electron chi connectivity index (χ4n) is 1.53. The lowest BCUT2D eigenvalue weighted by Crippen LogP contribution is -1.95. The highest BCUT2D eigenvalue weighted by Crippen LogP contribution is 2.18. The minimum absolute atomic E-state index is 0.485. The second kappa shape index (κ2) is 6.07. The van der Waals surface area contributed by atoms with Gasteiger partial charge in [0.25, 0.3) is 0 Å². The van der Waals surface area contributed by atoms with Crippen molar-refractivity contribution in [3.05, 3.63) is 60.4 Å². The third kappa shape index (κ3) is 4.03. The van der Waals surface area contributed by atoms with E-state index in [1.807, 2.05) is 12.2 Å². The van der Waals surface area contributed by atoms with Gasteiger partial charge in [-0.25, -0.2) is 0 Å². The van der Waals surface area contributed by atoms with Gasteiger partial charge in [0.15, 0.2) is 0 Å². The van der Waals surface area contributed by atoms with Crippen LogP contribution in [0.2, 0.25) is 0 Å².